The highest BCUT2D eigenvalue weighted by Gasteiger charge is 2.36. The summed E-state index contributed by atoms with van der Waals surface area (Å²) in [6.07, 6.45) is 0.271. The van der Waals surface area contributed by atoms with Crippen LogP contribution in [-0.2, 0) is 4.79 Å². The zero-order chi connectivity index (χ0) is 15.9. The van der Waals surface area contributed by atoms with Crippen LogP contribution in [-0.4, -0.2) is 17.1 Å². The molecule has 0 spiro atoms. The Kier molecular flexibility index (Phi) is 3.64. The maximum atomic E-state index is 12.4. The molecule has 1 aliphatic heterocycles. The summed E-state index contributed by atoms with van der Waals surface area (Å²) in [4.78, 5) is 24.4. The molecule has 0 saturated carbocycles. The molecule has 0 fully saturated rings. The van der Waals surface area contributed by atoms with E-state index in [-0.39, 0.29) is 11.3 Å². The largest absolute Gasteiger partial charge is 0.464 e. The fourth-order valence-electron chi connectivity index (χ4n) is 2.36. The molecule has 2 aromatic carbocycles. The van der Waals surface area contributed by atoms with Crippen LogP contribution in [0, 0.1) is 0 Å². The standard InChI is InChI=1S/C16H9Cl2NO3/c17-10-3-1-2-9(6-10)7-13-12-5-4-11(18)8-14(12)19(15(13)20)16(21)22/h1-8H,(H,21,22). The van der Waals surface area contributed by atoms with E-state index in [2.05, 4.69) is 0 Å². The van der Waals surface area contributed by atoms with Crippen molar-refractivity contribution in [2.75, 3.05) is 4.90 Å². The molecule has 0 aromatic heterocycles. The first-order chi connectivity index (χ1) is 10.5. The molecule has 0 bridgehead atoms. The van der Waals surface area contributed by atoms with Crippen LogP contribution in [0.25, 0.3) is 11.6 Å². The van der Waals surface area contributed by atoms with E-state index in [1.807, 2.05) is 0 Å². The summed E-state index contributed by atoms with van der Waals surface area (Å²) in [5.41, 5.74) is 1.79. The van der Waals surface area contributed by atoms with Gasteiger partial charge in [-0.15, -0.1) is 0 Å². The van der Waals surface area contributed by atoms with E-state index < -0.39 is 12.0 Å². The lowest BCUT2D eigenvalue weighted by molar-refractivity contribution is -0.112. The van der Waals surface area contributed by atoms with Gasteiger partial charge in [0, 0.05) is 15.6 Å². The van der Waals surface area contributed by atoms with E-state index >= 15 is 0 Å². The van der Waals surface area contributed by atoms with E-state index in [0.717, 1.165) is 0 Å². The second kappa shape index (κ2) is 5.48. The summed E-state index contributed by atoms with van der Waals surface area (Å²) < 4.78 is 0. The van der Waals surface area contributed by atoms with Gasteiger partial charge in [0.1, 0.15) is 0 Å². The molecule has 22 heavy (non-hydrogen) atoms. The van der Waals surface area contributed by atoms with Gasteiger partial charge in [0.05, 0.1) is 11.3 Å². The molecule has 0 aliphatic carbocycles. The molecular weight excluding hydrogens is 325 g/mol. The Labute approximate surface area is 136 Å². The number of fused-ring (bicyclic) bond motifs is 1. The molecule has 0 saturated heterocycles. The van der Waals surface area contributed by atoms with Gasteiger partial charge in [-0.3, -0.25) is 4.79 Å². The van der Waals surface area contributed by atoms with E-state index in [1.54, 1.807) is 42.5 Å². The maximum Gasteiger partial charge on any atom is 0.419 e. The van der Waals surface area contributed by atoms with Crippen LogP contribution >= 0.6 is 23.2 Å². The van der Waals surface area contributed by atoms with Gasteiger partial charge in [-0.25, -0.2) is 9.69 Å². The van der Waals surface area contributed by atoms with E-state index in [0.29, 0.717) is 26.1 Å². The van der Waals surface area contributed by atoms with Gasteiger partial charge in [-0.05, 0) is 35.9 Å². The Bertz CT molecular complexity index is 830. The second-order valence-corrected chi connectivity index (χ2v) is 5.57. The molecule has 3 rings (SSSR count). The zero-order valence-corrected chi connectivity index (χ0v) is 12.6. The molecule has 0 unspecified atom stereocenters. The van der Waals surface area contributed by atoms with Gasteiger partial charge in [0.25, 0.3) is 5.91 Å². The highest BCUT2D eigenvalue weighted by atomic mass is 35.5. The Morgan fingerprint density at radius 2 is 1.82 bits per heavy atom. The molecule has 2 aromatic rings. The number of anilines is 1. The smallest absolute Gasteiger partial charge is 0.419 e. The van der Waals surface area contributed by atoms with Crippen molar-refractivity contribution < 1.29 is 14.7 Å². The summed E-state index contributed by atoms with van der Waals surface area (Å²) in [7, 11) is 0. The molecule has 0 atom stereocenters. The number of hydrogen-bond donors (Lipinski definition) is 1. The number of halogens is 2. The Morgan fingerprint density at radius 3 is 2.50 bits per heavy atom. The van der Waals surface area contributed by atoms with Gasteiger partial charge >= 0.3 is 6.09 Å². The molecule has 4 nitrogen and oxygen atoms in total. The molecule has 1 N–H and O–H groups in total. The maximum absolute atomic E-state index is 12.4. The average molecular weight is 334 g/mol. The molecule has 6 heteroatoms. The molecule has 1 heterocycles. The van der Waals surface area contributed by atoms with Gasteiger partial charge < -0.3 is 5.11 Å². The fourth-order valence-corrected chi connectivity index (χ4v) is 2.72. The minimum Gasteiger partial charge on any atom is -0.464 e. The molecular formula is C16H9Cl2NO3. The second-order valence-electron chi connectivity index (χ2n) is 4.70. The van der Waals surface area contributed by atoms with Crippen LogP contribution < -0.4 is 4.90 Å². The third kappa shape index (κ3) is 2.47. The SMILES string of the molecule is O=C(O)N1C(=O)C(=Cc2cccc(Cl)c2)c2ccc(Cl)cc21. The first kappa shape index (κ1) is 14.6. The van der Waals surface area contributed by atoms with Crippen molar-refractivity contribution >= 4 is 52.5 Å². The van der Waals surface area contributed by atoms with E-state index in [4.69, 9.17) is 23.2 Å². The molecule has 0 radical (unpaired) electrons. The number of carboxylic acid groups (broad SMARTS) is 1. The van der Waals surface area contributed by atoms with Crippen molar-refractivity contribution in [1.82, 2.24) is 0 Å². The van der Waals surface area contributed by atoms with Gasteiger partial charge in [-0.1, -0.05) is 41.4 Å². The van der Waals surface area contributed by atoms with Gasteiger partial charge in [-0.2, -0.15) is 0 Å². The highest BCUT2D eigenvalue weighted by Crippen LogP contribution is 2.39. The van der Waals surface area contributed by atoms with Crippen LogP contribution in [0.3, 0.4) is 0 Å². The number of carbonyl (C=O) groups is 2. The quantitative estimate of drug-likeness (QED) is 0.778. The van der Waals surface area contributed by atoms with Crippen molar-refractivity contribution in [2.24, 2.45) is 0 Å². The zero-order valence-electron chi connectivity index (χ0n) is 11.1. The van der Waals surface area contributed by atoms with Crippen LogP contribution in [0.4, 0.5) is 10.5 Å². The predicted octanol–water partition coefficient (Wildman–Crippen LogP) is 4.56. The third-order valence-electron chi connectivity index (χ3n) is 3.28. The normalized spacial score (nSPS) is 15.3. The summed E-state index contributed by atoms with van der Waals surface area (Å²) in [5.74, 6) is -0.607. The number of rotatable bonds is 1. The predicted molar refractivity (Wildman–Crippen MR) is 86.3 cm³/mol. The summed E-state index contributed by atoms with van der Waals surface area (Å²) in [5, 5.41) is 10.2. The minimum atomic E-state index is -1.34. The first-order valence-electron chi connectivity index (χ1n) is 6.32. The summed E-state index contributed by atoms with van der Waals surface area (Å²) in [6.45, 7) is 0. The fraction of sp³-hybridized carbons (Fsp3) is 0. The molecule has 110 valence electrons. The van der Waals surface area contributed by atoms with Gasteiger partial charge in [0.15, 0.2) is 0 Å². The van der Waals surface area contributed by atoms with Crippen molar-refractivity contribution in [1.29, 1.82) is 0 Å². The van der Waals surface area contributed by atoms with Crippen LogP contribution in [0.15, 0.2) is 42.5 Å². The Balaban J connectivity index is 2.18. The number of carbonyl (C=O) groups excluding carboxylic acids is 1. The lowest BCUT2D eigenvalue weighted by atomic mass is 10.0. The summed E-state index contributed by atoms with van der Waals surface area (Å²) in [6, 6.07) is 11.7. The van der Waals surface area contributed by atoms with Gasteiger partial charge in [0.2, 0.25) is 0 Å². The first-order valence-corrected chi connectivity index (χ1v) is 7.07. The minimum absolute atomic E-state index is 0.262. The number of nitrogens with zero attached hydrogens (tertiary/aromatic N) is 1. The number of benzene rings is 2. The lowest BCUT2D eigenvalue weighted by Gasteiger charge is -2.09. The average Bonchev–Trinajstić information content (AvgIpc) is 2.71. The number of amides is 2. The number of hydrogen-bond acceptors (Lipinski definition) is 2. The molecule has 1 aliphatic rings. The Morgan fingerprint density at radius 1 is 1.09 bits per heavy atom. The van der Waals surface area contributed by atoms with Crippen LogP contribution in [0.1, 0.15) is 11.1 Å². The third-order valence-corrected chi connectivity index (χ3v) is 3.75. The van der Waals surface area contributed by atoms with Crippen LogP contribution in [0.5, 0.6) is 0 Å². The van der Waals surface area contributed by atoms with Crippen molar-refractivity contribution in [3.8, 4) is 0 Å². The number of imide groups is 1. The van der Waals surface area contributed by atoms with E-state index in [1.165, 1.54) is 6.07 Å². The lowest BCUT2D eigenvalue weighted by Crippen LogP contribution is -2.31. The summed E-state index contributed by atoms with van der Waals surface area (Å²) >= 11 is 11.8. The van der Waals surface area contributed by atoms with E-state index in [9.17, 15) is 14.7 Å². The van der Waals surface area contributed by atoms with Crippen molar-refractivity contribution in [3.05, 3.63) is 63.6 Å². The Hall–Kier alpha value is -2.30. The molecule has 2 amide bonds. The monoisotopic (exact) mass is 333 g/mol. The van der Waals surface area contributed by atoms with Crippen molar-refractivity contribution in [3.63, 3.8) is 0 Å². The van der Waals surface area contributed by atoms with Crippen LogP contribution in [0.2, 0.25) is 10.0 Å². The topological polar surface area (TPSA) is 57.6 Å². The van der Waals surface area contributed by atoms with Crippen molar-refractivity contribution in [2.45, 2.75) is 0 Å². The highest BCUT2D eigenvalue weighted by molar-refractivity contribution is 6.42.